The van der Waals surface area contributed by atoms with E-state index in [1.165, 1.54) is 56.0 Å². The molecule has 4 N–H and O–H groups in total. The van der Waals surface area contributed by atoms with E-state index in [0.29, 0.717) is 16.6 Å². The molecule has 2 heterocycles. The number of aromatic nitrogens is 3. The minimum Gasteiger partial charge on any atom is -0.492 e. The Bertz CT molecular complexity index is 1740. The Morgan fingerprint density at radius 2 is 1.79 bits per heavy atom. The summed E-state index contributed by atoms with van der Waals surface area (Å²) in [6.45, 7) is 2.14. The van der Waals surface area contributed by atoms with Crippen LogP contribution >= 0.6 is 23.2 Å². The first-order valence-corrected chi connectivity index (χ1v) is 13.5. The molecule has 1 aromatic carbocycles. The average Bonchev–Trinajstić information content (AvgIpc) is 2.96. The molecule has 1 amide bonds. The predicted octanol–water partition coefficient (Wildman–Crippen LogP) is 3.62. The van der Waals surface area contributed by atoms with Gasteiger partial charge >= 0.3 is 11.9 Å². The number of amides is 1. The number of rotatable bonds is 11. The fraction of sp³-hybridized carbons (Fsp3) is 0.286. The van der Waals surface area contributed by atoms with Crippen molar-refractivity contribution in [3.05, 3.63) is 75.1 Å². The first-order chi connectivity index (χ1) is 20.3. The van der Waals surface area contributed by atoms with E-state index in [-0.39, 0.29) is 40.8 Å². The number of nitrogens with zero attached hydrogens (tertiary/aromatic N) is 3. The zero-order chi connectivity index (χ0) is 31.5. The van der Waals surface area contributed by atoms with Crippen molar-refractivity contribution in [2.24, 2.45) is 10.8 Å². The molecule has 4 rings (SSSR count). The Kier molecular flexibility index (Phi) is 8.97. The summed E-state index contributed by atoms with van der Waals surface area (Å²) >= 11 is 12.1. The number of pyridine rings is 1. The molecule has 0 spiro atoms. The van der Waals surface area contributed by atoms with Gasteiger partial charge in [0.1, 0.15) is 28.2 Å². The Morgan fingerprint density at radius 3 is 2.47 bits per heavy atom. The fourth-order valence-electron chi connectivity index (χ4n) is 4.38. The van der Waals surface area contributed by atoms with Crippen LogP contribution in [0.1, 0.15) is 13.8 Å². The minimum absolute atomic E-state index is 0.00219. The molecule has 2 unspecified atom stereocenters. The summed E-state index contributed by atoms with van der Waals surface area (Å²) in [6.07, 6.45) is 5.26. The molecule has 0 bridgehead atoms. The van der Waals surface area contributed by atoms with Crippen molar-refractivity contribution in [3.8, 4) is 5.75 Å². The van der Waals surface area contributed by atoms with E-state index in [1.807, 2.05) is 0 Å². The van der Waals surface area contributed by atoms with Gasteiger partial charge in [0, 0.05) is 18.1 Å². The van der Waals surface area contributed by atoms with Gasteiger partial charge in [-0.3, -0.25) is 19.2 Å². The van der Waals surface area contributed by atoms with Crippen molar-refractivity contribution in [2.45, 2.75) is 20.4 Å². The summed E-state index contributed by atoms with van der Waals surface area (Å²) < 4.78 is 12.7. The van der Waals surface area contributed by atoms with E-state index in [1.54, 1.807) is 18.2 Å². The van der Waals surface area contributed by atoms with Crippen molar-refractivity contribution in [1.82, 2.24) is 19.9 Å². The molecule has 0 saturated carbocycles. The van der Waals surface area contributed by atoms with E-state index >= 15 is 0 Å². The molecule has 13 nitrogen and oxygen atoms in total. The third-order valence-corrected chi connectivity index (χ3v) is 7.70. The molecule has 43 heavy (non-hydrogen) atoms. The van der Waals surface area contributed by atoms with Crippen LogP contribution in [0.4, 0.5) is 11.5 Å². The second-order valence-corrected chi connectivity index (χ2v) is 10.7. The Balaban J connectivity index is 1.65. The number of nitrogens with one attached hydrogen (secondary N) is 2. The molecule has 2 aromatic heterocycles. The highest BCUT2D eigenvalue weighted by molar-refractivity contribution is 6.33. The highest BCUT2D eigenvalue weighted by Crippen LogP contribution is 2.46. The number of likely N-dealkylation sites (N-methyl/N-ethyl adjacent to an activating group) is 1. The van der Waals surface area contributed by atoms with Crippen molar-refractivity contribution >= 4 is 63.5 Å². The standard InChI is InChI=1S/C28H27Cl2N5O8/c1-27(24(38)39)7-6-17(12-28(27,2)25(40)41)42-9-8-35-19-5-4-16(33-22-18(29)13-32-26(30)34-22)10-15(19)11-20(23(35)37)43-14-21(36)31-3/h4-7,10-13H,8-9,14H2,1-3H3,(H,31,36)(H,38,39)(H,40,41)(H,32,33,34). The predicted molar refractivity (Wildman–Crippen MR) is 158 cm³/mol. The number of carbonyl (C=O) groups is 3. The first-order valence-electron chi connectivity index (χ1n) is 12.8. The summed E-state index contributed by atoms with van der Waals surface area (Å²) in [5, 5.41) is 25.8. The molecule has 226 valence electrons. The van der Waals surface area contributed by atoms with Gasteiger partial charge < -0.3 is 34.9 Å². The maximum Gasteiger partial charge on any atom is 0.314 e. The smallest absolute Gasteiger partial charge is 0.314 e. The molecule has 0 radical (unpaired) electrons. The number of carboxylic acid groups (broad SMARTS) is 2. The monoisotopic (exact) mass is 631 g/mol. The Hall–Kier alpha value is -4.62. The number of hydrogen-bond donors (Lipinski definition) is 4. The number of halogens is 2. The molecule has 1 aliphatic rings. The summed E-state index contributed by atoms with van der Waals surface area (Å²) in [5.74, 6) is -2.76. The average molecular weight is 632 g/mol. The van der Waals surface area contributed by atoms with Gasteiger partial charge in [0.2, 0.25) is 5.28 Å². The number of carboxylic acids is 2. The summed E-state index contributed by atoms with van der Waals surface area (Å²) in [7, 11) is 1.44. The van der Waals surface area contributed by atoms with Crippen molar-refractivity contribution in [1.29, 1.82) is 0 Å². The van der Waals surface area contributed by atoms with Crippen LogP contribution in [0.5, 0.6) is 5.75 Å². The van der Waals surface area contributed by atoms with Gasteiger partial charge in [0.25, 0.3) is 11.5 Å². The van der Waals surface area contributed by atoms with Crippen molar-refractivity contribution < 1.29 is 34.1 Å². The van der Waals surface area contributed by atoms with Crippen LogP contribution in [0.2, 0.25) is 10.3 Å². The lowest BCUT2D eigenvalue weighted by Gasteiger charge is -2.38. The molecular weight excluding hydrogens is 605 g/mol. The van der Waals surface area contributed by atoms with Crippen LogP contribution in [0, 0.1) is 10.8 Å². The van der Waals surface area contributed by atoms with Crippen LogP contribution in [-0.2, 0) is 25.7 Å². The lowest BCUT2D eigenvalue weighted by Crippen LogP contribution is -2.48. The third-order valence-electron chi connectivity index (χ3n) is 7.24. The van der Waals surface area contributed by atoms with Gasteiger partial charge in [-0.15, -0.1) is 0 Å². The molecule has 1 aliphatic carbocycles. The largest absolute Gasteiger partial charge is 0.492 e. The van der Waals surface area contributed by atoms with Gasteiger partial charge in [-0.05, 0) is 61.9 Å². The number of benzene rings is 1. The molecule has 0 saturated heterocycles. The Morgan fingerprint density at radius 1 is 1.07 bits per heavy atom. The second-order valence-electron chi connectivity index (χ2n) is 9.90. The third kappa shape index (κ3) is 6.27. The maximum atomic E-state index is 13.4. The maximum absolute atomic E-state index is 13.4. The summed E-state index contributed by atoms with van der Waals surface area (Å²) in [6, 6.07) is 6.57. The minimum atomic E-state index is -1.79. The quantitative estimate of drug-likeness (QED) is 0.227. The topological polar surface area (TPSA) is 182 Å². The molecule has 0 fully saturated rings. The molecule has 15 heteroatoms. The lowest BCUT2D eigenvalue weighted by atomic mass is 9.63. The highest BCUT2D eigenvalue weighted by Gasteiger charge is 2.54. The Labute approximate surface area is 254 Å². The number of fused-ring (bicyclic) bond motifs is 1. The van der Waals surface area contributed by atoms with E-state index in [9.17, 15) is 29.4 Å². The van der Waals surface area contributed by atoms with Gasteiger partial charge in [-0.25, -0.2) is 4.98 Å². The zero-order valence-corrected chi connectivity index (χ0v) is 24.7. The van der Waals surface area contributed by atoms with Gasteiger partial charge in [-0.1, -0.05) is 17.7 Å². The van der Waals surface area contributed by atoms with E-state index in [2.05, 4.69) is 20.6 Å². The lowest BCUT2D eigenvalue weighted by molar-refractivity contribution is -0.163. The van der Waals surface area contributed by atoms with Crippen LogP contribution < -0.4 is 20.9 Å². The molecule has 0 aliphatic heterocycles. The number of hydrogen-bond acceptors (Lipinski definition) is 9. The van der Waals surface area contributed by atoms with E-state index < -0.39 is 40.8 Å². The fourth-order valence-corrected chi connectivity index (χ4v) is 4.65. The molecule has 2 atom stereocenters. The molecule has 3 aromatic rings. The van der Waals surface area contributed by atoms with Gasteiger partial charge in [-0.2, -0.15) is 4.98 Å². The van der Waals surface area contributed by atoms with Crippen LogP contribution in [0.3, 0.4) is 0 Å². The number of aliphatic carboxylic acids is 2. The van der Waals surface area contributed by atoms with Crippen LogP contribution in [0.25, 0.3) is 10.9 Å². The van der Waals surface area contributed by atoms with E-state index in [0.717, 1.165) is 0 Å². The van der Waals surface area contributed by atoms with Crippen LogP contribution in [0.15, 0.2) is 59.2 Å². The number of allylic oxidation sites excluding steroid dienone is 1. The first kappa shape index (κ1) is 31.3. The number of carbonyl (C=O) groups excluding carboxylic acids is 1. The normalized spacial score (nSPS) is 19.4. The summed E-state index contributed by atoms with van der Waals surface area (Å²) in [5.41, 5.74) is -2.98. The second kappa shape index (κ2) is 12.3. The van der Waals surface area contributed by atoms with Crippen molar-refractivity contribution in [3.63, 3.8) is 0 Å². The summed E-state index contributed by atoms with van der Waals surface area (Å²) in [4.78, 5) is 57.0. The SMILES string of the molecule is CNC(=O)COc1cc2cc(Nc3nc(Cl)ncc3Cl)ccc2n(CCOC2=CC(C)(C(=O)O)C(C)(C(=O)O)C=C2)c1=O. The number of anilines is 2. The van der Waals surface area contributed by atoms with Crippen molar-refractivity contribution in [2.75, 3.05) is 25.6 Å². The highest BCUT2D eigenvalue weighted by atomic mass is 35.5. The van der Waals surface area contributed by atoms with Crippen LogP contribution in [-0.4, -0.2) is 62.9 Å². The van der Waals surface area contributed by atoms with Gasteiger partial charge in [0.05, 0.1) is 18.3 Å². The molecular formula is C28H27Cl2N5O8. The van der Waals surface area contributed by atoms with Gasteiger partial charge in [0.15, 0.2) is 18.2 Å². The van der Waals surface area contributed by atoms with E-state index in [4.69, 9.17) is 32.7 Å². The zero-order valence-electron chi connectivity index (χ0n) is 23.2. The number of ether oxygens (including phenoxy) is 2.